The zero-order valence-electron chi connectivity index (χ0n) is 11.2. The Balaban J connectivity index is 1.64. The van der Waals surface area contributed by atoms with E-state index in [-0.39, 0.29) is 11.3 Å². The molecule has 0 atom stereocenters. The second-order valence-corrected chi connectivity index (χ2v) is 7.64. The molecule has 0 aromatic carbocycles. The zero-order valence-corrected chi connectivity index (χ0v) is 12.1. The van der Waals surface area contributed by atoms with Gasteiger partial charge in [0.25, 0.3) is 0 Å². The van der Waals surface area contributed by atoms with Crippen LogP contribution in [0.5, 0.6) is 0 Å². The maximum Gasteiger partial charge on any atom is 0.313 e. The Morgan fingerprint density at radius 2 is 1.85 bits per heavy atom. The number of carboxylic acid groups (broad SMARTS) is 1. The Morgan fingerprint density at radius 3 is 2.40 bits per heavy atom. The van der Waals surface area contributed by atoms with Gasteiger partial charge in [-0.2, -0.15) is 0 Å². The van der Waals surface area contributed by atoms with Crippen molar-refractivity contribution < 1.29 is 9.90 Å². The Morgan fingerprint density at radius 1 is 1.25 bits per heavy atom. The van der Waals surface area contributed by atoms with Crippen molar-refractivity contribution in [2.45, 2.75) is 49.2 Å². The third kappa shape index (κ3) is 1.94. The lowest BCUT2D eigenvalue weighted by Gasteiger charge is -2.56. The lowest BCUT2D eigenvalue weighted by atomic mass is 9.53. The Kier molecular flexibility index (Phi) is 2.80. The van der Waals surface area contributed by atoms with Gasteiger partial charge < -0.3 is 5.11 Å². The SMILES string of the molecule is O=C(O)CSc1nnnn1C12CC3CC(CC(C3)C1)C2. The standard InChI is InChI=1S/C13H18N4O2S/c18-11(19)7-20-12-14-15-16-17(12)13-4-8-1-9(5-13)3-10(2-8)6-13/h8-10H,1-7H2,(H,18,19). The minimum absolute atomic E-state index is 0.0206. The molecule has 0 amide bonds. The molecule has 108 valence electrons. The number of thioether (sulfide) groups is 1. The van der Waals surface area contributed by atoms with Crippen LogP contribution in [0.1, 0.15) is 38.5 Å². The van der Waals surface area contributed by atoms with E-state index in [0.717, 1.165) is 17.8 Å². The Hall–Kier alpha value is -1.11. The van der Waals surface area contributed by atoms with Crippen molar-refractivity contribution in [2.75, 3.05) is 5.75 Å². The predicted molar refractivity (Wildman–Crippen MR) is 72.3 cm³/mol. The smallest absolute Gasteiger partial charge is 0.313 e. The van der Waals surface area contributed by atoms with Crippen molar-refractivity contribution in [3.63, 3.8) is 0 Å². The quantitative estimate of drug-likeness (QED) is 0.852. The number of aromatic nitrogens is 4. The molecule has 4 aliphatic rings. The van der Waals surface area contributed by atoms with Crippen LogP contribution in [0.4, 0.5) is 0 Å². The van der Waals surface area contributed by atoms with E-state index in [0.29, 0.717) is 5.16 Å². The monoisotopic (exact) mass is 294 g/mol. The summed E-state index contributed by atoms with van der Waals surface area (Å²) < 4.78 is 1.96. The van der Waals surface area contributed by atoms with Gasteiger partial charge in [-0.15, -0.1) is 5.10 Å². The Bertz CT molecular complexity index is 509. The largest absolute Gasteiger partial charge is 0.481 e. The van der Waals surface area contributed by atoms with Crippen LogP contribution in [0.15, 0.2) is 5.16 Å². The van der Waals surface area contributed by atoms with Gasteiger partial charge in [-0.05, 0) is 66.7 Å². The average Bonchev–Trinajstić information content (AvgIpc) is 2.83. The van der Waals surface area contributed by atoms with Crippen LogP contribution in [0.2, 0.25) is 0 Å². The molecule has 0 radical (unpaired) electrons. The number of hydrogen-bond acceptors (Lipinski definition) is 5. The fourth-order valence-corrected chi connectivity index (χ4v) is 5.72. The van der Waals surface area contributed by atoms with Crippen LogP contribution in [0.25, 0.3) is 0 Å². The molecule has 1 N–H and O–H groups in total. The van der Waals surface area contributed by atoms with E-state index < -0.39 is 5.97 Å². The highest BCUT2D eigenvalue weighted by Crippen LogP contribution is 2.58. The van der Waals surface area contributed by atoms with Crippen molar-refractivity contribution in [1.29, 1.82) is 0 Å². The number of hydrogen-bond donors (Lipinski definition) is 1. The van der Waals surface area contributed by atoms with E-state index in [1.165, 1.54) is 50.3 Å². The third-order valence-electron chi connectivity index (χ3n) is 5.22. The number of carbonyl (C=O) groups is 1. The summed E-state index contributed by atoms with van der Waals surface area (Å²) in [5.74, 6) is 1.66. The van der Waals surface area contributed by atoms with E-state index in [9.17, 15) is 4.79 Å². The van der Waals surface area contributed by atoms with Crippen molar-refractivity contribution >= 4 is 17.7 Å². The van der Waals surface area contributed by atoms with Crippen molar-refractivity contribution in [3.8, 4) is 0 Å². The van der Waals surface area contributed by atoms with Gasteiger partial charge in [0, 0.05) is 0 Å². The first kappa shape index (κ1) is 12.6. The molecule has 4 aliphatic carbocycles. The second kappa shape index (κ2) is 4.44. The number of carboxylic acids is 1. The van der Waals surface area contributed by atoms with Crippen molar-refractivity contribution in [2.24, 2.45) is 17.8 Å². The lowest BCUT2D eigenvalue weighted by Crippen LogP contribution is -2.52. The predicted octanol–water partition coefficient (Wildman–Crippen LogP) is 1.78. The summed E-state index contributed by atoms with van der Waals surface area (Å²) in [4.78, 5) is 10.8. The lowest BCUT2D eigenvalue weighted by molar-refractivity contribution is -0.133. The molecule has 0 saturated heterocycles. The first-order chi connectivity index (χ1) is 9.64. The van der Waals surface area contributed by atoms with E-state index in [1.807, 2.05) is 4.68 Å². The molecule has 5 rings (SSSR count). The summed E-state index contributed by atoms with van der Waals surface area (Å²) in [7, 11) is 0. The Labute approximate surface area is 121 Å². The molecular weight excluding hydrogens is 276 g/mol. The highest BCUT2D eigenvalue weighted by atomic mass is 32.2. The summed E-state index contributed by atoms with van der Waals surface area (Å²) in [6, 6.07) is 0. The zero-order chi connectivity index (χ0) is 13.7. The van der Waals surface area contributed by atoms with Crippen LogP contribution >= 0.6 is 11.8 Å². The number of tetrazole rings is 1. The first-order valence-electron chi connectivity index (χ1n) is 7.28. The molecule has 1 aromatic rings. The molecule has 4 bridgehead atoms. The van der Waals surface area contributed by atoms with Crippen LogP contribution in [-0.4, -0.2) is 37.0 Å². The maximum atomic E-state index is 10.8. The summed E-state index contributed by atoms with van der Waals surface area (Å²) >= 11 is 1.24. The molecule has 1 aromatic heterocycles. The van der Waals surface area contributed by atoms with Crippen LogP contribution in [0.3, 0.4) is 0 Å². The highest BCUT2D eigenvalue weighted by Gasteiger charge is 2.53. The molecule has 0 spiro atoms. The molecule has 4 saturated carbocycles. The van der Waals surface area contributed by atoms with Gasteiger partial charge in [0.1, 0.15) is 0 Å². The fraction of sp³-hybridized carbons (Fsp3) is 0.846. The van der Waals surface area contributed by atoms with E-state index in [4.69, 9.17) is 5.11 Å². The molecule has 4 fully saturated rings. The highest BCUT2D eigenvalue weighted by molar-refractivity contribution is 7.99. The average molecular weight is 294 g/mol. The first-order valence-corrected chi connectivity index (χ1v) is 8.27. The summed E-state index contributed by atoms with van der Waals surface area (Å²) in [6.45, 7) is 0. The number of rotatable bonds is 4. The van der Waals surface area contributed by atoms with Gasteiger partial charge in [0.05, 0.1) is 11.3 Å². The van der Waals surface area contributed by atoms with E-state index in [2.05, 4.69) is 15.5 Å². The molecule has 6 nitrogen and oxygen atoms in total. The molecule has 7 heteroatoms. The maximum absolute atomic E-state index is 10.8. The van der Waals surface area contributed by atoms with Gasteiger partial charge >= 0.3 is 5.97 Å². The van der Waals surface area contributed by atoms with Crippen LogP contribution in [0, 0.1) is 17.8 Å². The van der Waals surface area contributed by atoms with Crippen molar-refractivity contribution in [3.05, 3.63) is 0 Å². The van der Waals surface area contributed by atoms with Crippen molar-refractivity contribution in [1.82, 2.24) is 20.2 Å². The minimum Gasteiger partial charge on any atom is -0.481 e. The fourth-order valence-electron chi connectivity index (χ4n) is 5.02. The molecule has 1 heterocycles. The molecule has 20 heavy (non-hydrogen) atoms. The van der Waals surface area contributed by atoms with E-state index in [1.54, 1.807) is 0 Å². The normalized spacial score (nSPS) is 38.3. The topological polar surface area (TPSA) is 80.9 Å². The molecular formula is C13H18N4O2S. The van der Waals surface area contributed by atoms with Gasteiger partial charge in [-0.3, -0.25) is 4.79 Å². The third-order valence-corrected chi connectivity index (χ3v) is 6.12. The summed E-state index contributed by atoms with van der Waals surface area (Å²) in [5, 5.41) is 21.6. The molecule has 0 aliphatic heterocycles. The number of aliphatic carboxylic acids is 1. The summed E-state index contributed by atoms with van der Waals surface area (Å²) in [5.41, 5.74) is 0.0685. The van der Waals surface area contributed by atoms with Crippen LogP contribution in [-0.2, 0) is 10.3 Å². The minimum atomic E-state index is -0.824. The van der Waals surface area contributed by atoms with Gasteiger partial charge in [0.15, 0.2) is 0 Å². The summed E-state index contributed by atoms with van der Waals surface area (Å²) in [6.07, 6.45) is 7.64. The molecule has 0 unspecified atom stereocenters. The van der Waals surface area contributed by atoms with E-state index >= 15 is 0 Å². The second-order valence-electron chi connectivity index (χ2n) is 6.70. The van der Waals surface area contributed by atoms with Gasteiger partial charge in [0.2, 0.25) is 5.16 Å². The van der Waals surface area contributed by atoms with Gasteiger partial charge in [-0.1, -0.05) is 11.8 Å². The van der Waals surface area contributed by atoms with Gasteiger partial charge in [-0.25, -0.2) is 4.68 Å². The number of nitrogens with zero attached hydrogens (tertiary/aromatic N) is 4. The van der Waals surface area contributed by atoms with Crippen LogP contribution < -0.4 is 0 Å².